The Hall–Kier alpha value is -2.51. The Morgan fingerprint density at radius 1 is 1.13 bits per heavy atom. The molecule has 7 heteroatoms. The van der Waals surface area contributed by atoms with E-state index in [1.54, 1.807) is 12.1 Å². The van der Waals surface area contributed by atoms with Gasteiger partial charge in [0.05, 0.1) is 15.5 Å². The van der Waals surface area contributed by atoms with E-state index < -0.39 is 4.92 Å². The normalized spacial score (nSPS) is 16.2. The zero-order chi connectivity index (χ0) is 16.4. The van der Waals surface area contributed by atoms with Crippen LogP contribution in [0, 0.1) is 10.1 Å². The SMILES string of the molecule is O=C1/C(=C/c2ccccc2)SC(=S)N1c1cccc([N+](=O)[O-])c1. The Morgan fingerprint density at radius 3 is 2.57 bits per heavy atom. The van der Waals surface area contributed by atoms with Crippen LogP contribution in [0.1, 0.15) is 5.56 Å². The summed E-state index contributed by atoms with van der Waals surface area (Å²) in [5.41, 5.74) is 1.22. The Bertz CT molecular complexity index is 834. The van der Waals surface area contributed by atoms with Gasteiger partial charge in [-0.3, -0.25) is 19.8 Å². The predicted molar refractivity (Wildman–Crippen MR) is 95.2 cm³/mol. The summed E-state index contributed by atoms with van der Waals surface area (Å²) in [6.45, 7) is 0. The van der Waals surface area contributed by atoms with Gasteiger partial charge in [-0.05, 0) is 17.7 Å². The number of nitro benzene ring substituents is 1. The molecule has 0 spiro atoms. The molecule has 0 atom stereocenters. The maximum Gasteiger partial charge on any atom is 0.271 e. The fourth-order valence-corrected chi connectivity index (χ4v) is 3.44. The van der Waals surface area contributed by atoms with Crippen LogP contribution >= 0.6 is 24.0 Å². The minimum absolute atomic E-state index is 0.0800. The lowest BCUT2D eigenvalue weighted by Crippen LogP contribution is -2.27. The van der Waals surface area contributed by atoms with E-state index in [1.165, 1.54) is 34.9 Å². The number of non-ortho nitro benzene ring substituents is 1. The average Bonchev–Trinajstić information content (AvgIpc) is 2.82. The summed E-state index contributed by atoms with van der Waals surface area (Å²) >= 11 is 6.44. The fourth-order valence-electron chi connectivity index (χ4n) is 2.14. The van der Waals surface area contributed by atoms with Gasteiger partial charge in [0.15, 0.2) is 4.32 Å². The van der Waals surface area contributed by atoms with Gasteiger partial charge in [0.2, 0.25) is 0 Å². The number of benzene rings is 2. The van der Waals surface area contributed by atoms with E-state index in [2.05, 4.69) is 0 Å². The topological polar surface area (TPSA) is 63.5 Å². The highest BCUT2D eigenvalue weighted by Crippen LogP contribution is 2.36. The van der Waals surface area contributed by atoms with Crippen LogP contribution in [0.2, 0.25) is 0 Å². The van der Waals surface area contributed by atoms with E-state index in [9.17, 15) is 14.9 Å². The monoisotopic (exact) mass is 342 g/mol. The van der Waals surface area contributed by atoms with Crippen LogP contribution in [0.5, 0.6) is 0 Å². The fraction of sp³-hybridized carbons (Fsp3) is 0. The number of nitro groups is 1. The van der Waals surface area contributed by atoms with E-state index in [1.807, 2.05) is 30.3 Å². The Morgan fingerprint density at radius 2 is 1.87 bits per heavy atom. The standard InChI is InChI=1S/C16H10N2O3S2/c19-15-14(9-11-5-2-1-3-6-11)23-16(22)17(15)12-7-4-8-13(10-12)18(20)21/h1-10H/b14-9-. The third-order valence-corrected chi connectivity index (χ3v) is 4.49. The maximum atomic E-state index is 12.6. The lowest BCUT2D eigenvalue weighted by atomic mass is 10.2. The first-order chi connectivity index (χ1) is 11.1. The molecule has 0 bridgehead atoms. The van der Waals surface area contributed by atoms with Crippen LogP contribution in [-0.2, 0) is 4.79 Å². The van der Waals surface area contributed by atoms with E-state index in [-0.39, 0.29) is 11.6 Å². The first-order valence-electron chi connectivity index (χ1n) is 6.64. The molecule has 0 radical (unpaired) electrons. The number of rotatable bonds is 3. The van der Waals surface area contributed by atoms with Crippen molar-refractivity contribution in [2.24, 2.45) is 0 Å². The minimum Gasteiger partial charge on any atom is -0.268 e. The highest BCUT2D eigenvalue weighted by molar-refractivity contribution is 8.27. The minimum atomic E-state index is -0.499. The number of carbonyl (C=O) groups is 1. The number of hydrogen-bond acceptors (Lipinski definition) is 5. The van der Waals surface area contributed by atoms with Crippen LogP contribution in [0.25, 0.3) is 6.08 Å². The smallest absolute Gasteiger partial charge is 0.268 e. The highest BCUT2D eigenvalue weighted by atomic mass is 32.2. The third kappa shape index (κ3) is 3.15. The van der Waals surface area contributed by atoms with Crippen molar-refractivity contribution in [3.05, 3.63) is 75.2 Å². The van der Waals surface area contributed by atoms with E-state index in [0.29, 0.717) is 14.9 Å². The highest BCUT2D eigenvalue weighted by Gasteiger charge is 2.33. The van der Waals surface area contributed by atoms with Crippen molar-refractivity contribution >= 4 is 51.7 Å². The van der Waals surface area contributed by atoms with Gasteiger partial charge in [-0.15, -0.1) is 0 Å². The van der Waals surface area contributed by atoms with Gasteiger partial charge in [0.1, 0.15) is 0 Å². The molecule has 2 aromatic carbocycles. The van der Waals surface area contributed by atoms with E-state index >= 15 is 0 Å². The molecule has 23 heavy (non-hydrogen) atoms. The van der Waals surface area contributed by atoms with Crippen LogP contribution in [0.15, 0.2) is 59.5 Å². The van der Waals surface area contributed by atoms with Crippen LogP contribution in [0.3, 0.4) is 0 Å². The molecule has 0 saturated carbocycles. The molecule has 0 aliphatic carbocycles. The number of nitrogens with zero attached hydrogens (tertiary/aromatic N) is 2. The first-order valence-corrected chi connectivity index (χ1v) is 7.86. The summed E-state index contributed by atoms with van der Waals surface area (Å²) in [5.74, 6) is -0.274. The van der Waals surface area contributed by atoms with Gasteiger partial charge in [0.25, 0.3) is 11.6 Å². The number of anilines is 1. The molecule has 1 fully saturated rings. The summed E-state index contributed by atoms with van der Waals surface area (Å²) < 4.78 is 0.359. The molecule has 2 aromatic rings. The second-order valence-corrected chi connectivity index (χ2v) is 6.38. The lowest BCUT2D eigenvalue weighted by molar-refractivity contribution is -0.384. The Kier molecular flexibility index (Phi) is 4.22. The molecular formula is C16H10N2O3S2. The van der Waals surface area contributed by atoms with Gasteiger partial charge in [-0.1, -0.05) is 60.4 Å². The number of amides is 1. The average molecular weight is 342 g/mol. The zero-order valence-electron chi connectivity index (χ0n) is 11.7. The molecule has 1 heterocycles. The van der Waals surface area contributed by atoms with Crippen molar-refractivity contribution in [1.29, 1.82) is 0 Å². The molecule has 1 aliphatic heterocycles. The second kappa shape index (κ2) is 6.31. The van der Waals surface area contributed by atoms with Gasteiger partial charge in [0, 0.05) is 12.1 Å². The van der Waals surface area contributed by atoms with E-state index in [0.717, 1.165) is 5.56 Å². The van der Waals surface area contributed by atoms with Crippen molar-refractivity contribution in [3.8, 4) is 0 Å². The van der Waals surface area contributed by atoms with Gasteiger partial charge < -0.3 is 0 Å². The number of thiocarbonyl (C=S) groups is 1. The predicted octanol–water partition coefficient (Wildman–Crippen LogP) is 4.00. The zero-order valence-corrected chi connectivity index (χ0v) is 13.3. The number of thioether (sulfide) groups is 1. The van der Waals surface area contributed by atoms with Gasteiger partial charge >= 0.3 is 0 Å². The first kappa shape index (κ1) is 15.4. The molecule has 1 aliphatic rings. The lowest BCUT2D eigenvalue weighted by Gasteiger charge is -2.13. The van der Waals surface area contributed by atoms with E-state index in [4.69, 9.17) is 12.2 Å². The molecule has 0 N–H and O–H groups in total. The van der Waals surface area contributed by atoms with Gasteiger partial charge in [-0.25, -0.2) is 0 Å². The molecule has 0 unspecified atom stereocenters. The molecule has 3 rings (SSSR count). The molecule has 1 amide bonds. The van der Waals surface area contributed by atoms with Crippen LogP contribution in [-0.4, -0.2) is 15.2 Å². The summed E-state index contributed by atoms with van der Waals surface area (Å²) in [4.78, 5) is 24.8. The molecule has 1 saturated heterocycles. The van der Waals surface area contributed by atoms with Crippen molar-refractivity contribution in [2.75, 3.05) is 4.90 Å². The van der Waals surface area contributed by atoms with Crippen molar-refractivity contribution in [1.82, 2.24) is 0 Å². The Labute approximate surface area is 141 Å². The molecular weight excluding hydrogens is 332 g/mol. The quantitative estimate of drug-likeness (QED) is 0.365. The number of hydrogen-bond donors (Lipinski definition) is 0. The maximum absolute atomic E-state index is 12.6. The molecule has 114 valence electrons. The van der Waals surface area contributed by atoms with Gasteiger partial charge in [-0.2, -0.15) is 0 Å². The number of carbonyl (C=O) groups excluding carboxylic acids is 1. The summed E-state index contributed by atoms with van der Waals surface area (Å²) in [6.07, 6.45) is 1.76. The second-order valence-electron chi connectivity index (χ2n) is 4.70. The van der Waals surface area contributed by atoms with Crippen LogP contribution in [0.4, 0.5) is 11.4 Å². The van der Waals surface area contributed by atoms with Crippen molar-refractivity contribution in [3.63, 3.8) is 0 Å². The largest absolute Gasteiger partial charge is 0.271 e. The molecule has 0 aromatic heterocycles. The molecule has 5 nitrogen and oxygen atoms in total. The van der Waals surface area contributed by atoms with Crippen LogP contribution < -0.4 is 4.90 Å². The summed E-state index contributed by atoms with van der Waals surface area (Å²) in [6, 6.07) is 15.3. The summed E-state index contributed by atoms with van der Waals surface area (Å²) in [7, 11) is 0. The van der Waals surface area contributed by atoms with Crippen molar-refractivity contribution in [2.45, 2.75) is 0 Å². The summed E-state index contributed by atoms with van der Waals surface area (Å²) in [5, 5.41) is 10.9. The van der Waals surface area contributed by atoms with Crippen molar-refractivity contribution < 1.29 is 9.72 Å². The third-order valence-electron chi connectivity index (χ3n) is 3.19. The Balaban J connectivity index is 1.95.